The molecule has 6 heteroatoms. The van der Waals surface area contributed by atoms with Crippen LogP contribution in [0.15, 0.2) is 30.7 Å². The molecule has 0 amide bonds. The summed E-state index contributed by atoms with van der Waals surface area (Å²) < 4.78 is 0. The lowest BCUT2D eigenvalue weighted by Crippen LogP contribution is -2.24. The summed E-state index contributed by atoms with van der Waals surface area (Å²) in [5.41, 5.74) is 9.88. The maximum absolute atomic E-state index is 4.92. The number of aromatic nitrogens is 3. The highest BCUT2D eigenvalue weighted by Crippen LogP contribution is 2.43. The lowest BCUT2D eigenvalue weighted by Gasteiger charge is -2.20. The van der Waals surface area contributed by atoms with Crippen molar-refractivity contribution in [3.8, 4) is 11.1 Å². The van der Waals surface area contributed by atoms with Gasteiger partial charge in [-0.05, 0) is 42.9 Å². The Kier molecular flexibility index (Phi) is 4.40. The summed E-state index contributed by atoms with van der Waals surface area (Å²) in [6.45, 7) is 3.07. The Bertz CT molecular complexity index is 679. The SMILES string of the molecule is CN(CCC1CNNC1)c1ncc(-c2ccncc2)c(C2CC2)n1. The molecule has 2 aromatic rings. The summed E-state index contributed by atoms with van der Waals surface area (Å²) in [6, 6.07) is 4.07. The molecule has 2 aliphatic rings. The molecular weight excluding hydrogens is 300 g/mol. The van der Waals surface area contributed by atoms with Crippen LogP contribution in [0.4, 0.5) is 5.95 Å². The largest absolute Gasteiger partial charge is 0.344 e. The van der Waals surface area contributed by atoms with Crippen LogP contribution in [0.25, 0.3) is 11.1 Å². The Hall–Kier alpha value is -2.05. The fraction of sp³-hybridized carbons (Fsp3) is 0.500. The van der Waals surface area contributed by atoms with Crippen LogP contribution >= 0.6 is 0 Å². The van der Waals surface area contributed by atoms with Crippen molar-refractivity contribution < 1.29 is 0 Å². The van der Waals surface area contributed by atoms with Gasteiger partial charge >= 0.3 is 0 Å². The molecule has 4 rings (SSSR count). The second-order valence-corrected chi connectivity index (χ2v) is 6.82. The second-order valence-electron chi connectivity index (χ2n) is 6.82. The Morgan fingerprint density at radius 1 is 1.17 bits per heavy atom. The number of hydrogen-bond acceptors (Lipinski definition) is 6. The van der Waals surface area contributed by atoms with Crippen molar-refractivity contribution in [2.45, 2.75) is 25.2 Å². The van der Waals surface area contributed by atoms with Gasteiger partial charge in [0.2, 0.25) is 5.95 Å². The molecule has 2 aromatic heterocycles. The van der Waals surface area contributed by atoms with E-state index in [1.54, 1.807) is 0 Å². The minimum Gasteiger partial charge on any atom is -0.344 e. The molecule has 0 bridgehead atoms. The predicted molar refractivity (Wildman–Crippen MR) is 94.6 cm³/mol. The summed E-state index contributed by atoms with van der Waals surface area (Å²) in [5, 5.41) is 0. The number of nitrogens with one attached hydrogen (secondary N) is 2. The van der Waals surface area contributed by atoms with Crippen molar-refractivity contribution in [1.82, 2.24) is 25.8 Å². The van der Waals surface area contributed by atoms with E-state index >= 15 is 0 Å². The van der Waals surface area contributed by atoms with Gasteiger partial charge in [0.05, 0.1) is 5.69 Å². The number of hydrazine groups is 1. The van der Waals surface area contributed by atoms with Gasteiger partial charge in [0.15, 0.2) is 0 Å². The van der Waals surface area contributed by atoms with Crippen LogP contribution in [0.5, 0.6) is 0 Å². The van der Waals surface area contributed by atoms with E-state index < -0.39 is 0 Å². The summed E-state index contributed by atoms with van der Waals surface area (Å²) in [6.07, 6.45) is 9.26. The Labute approximate surface area is 142 Å². The van der Waals surface area contributed by atoms with Crippen molar-refractivity contribution in [3.63, 3.8) is 0 Å². The summed E-state index contributed by atoms with van der Waals surface area (Å²) >= 11 is 0. The smallest absolute Gasteiger partial charge is 0.225 e. The lowest BCUT2D eigenvalue weighted by molar-refractivity contribution is 0.554. The molecule has 1 aliphatic carbocycles. The van der Waals surface area contributed by atoms with E-state index in [-0.39, 0.29) is 0 Å². The van der Waals surface area contributed by atoms with Gasteiger partial charge in [0.25, 0.3) is 0 Å². The second kappa shape index (κ2) is 6.83. The highest BCUT2D eigenvalue weighted by atomic mass is 15.4. The molecule has 1 saturated carbocycles. The molecule has 3 heterocycles. The van der Waals surface area contributed by atoms with Crippen molar-refractivity contribution in [1.29, 1.82) is 0 Å². The van der Waals surface area contributed by atoms with Crippen molar-refractivity contribution in [2.75, 3.05) is 31.6 Å². The Morgan fingerprint density at radius 3 is 2.62 bits per heavy atom. The number of pyridine rings is 1. The van der Waals surface area contributed by atoms with Gasteiger partial charge < -0.3 is 4.90 Å². The van der Waals surface area contributed by atoms with Gasteiger partial charge in [0, 0.05) is 56.8 Å². The van der Waals surface area contributed by atoms with Crippen molar-refractivity contribution in [3.05, 3.63) is 36.4 Å². The van der Waals surface area contributed by atoms with Gasteiger partial charge in [0.1, 0.15) is 0 Å². The van der Waals surface area contributed by atoms with E-state index in [1.165, 1.54) is 18.5 Å². The van der Waals surface area contributed by atoms with Crippen molar-refractivity contribution in [2.24, 2.45) is 5.92 Å². The zero-order valence-corrected chi connectivity index (χ0v) is 14.1. The molecule has 126 valence electrons. The molecule has 2 N–H and O–H groups in total. The average molecular weight is 324 g/mol. The minimum atomic E-state index is 0.589. The molecule has 6 nitrogen and oxygen atoms in total. The normalized spacial score (nSPS) is 18.0. The van der Waals surface area contributed by atoms with Crippen LogP contribution in [0.3, 0.4) is 0 Å². The highest BCUT2D eigenvalue weighted by Gasteiger charge is 2.29. The van der Waals surface area contributed by atoms with E-state index in [0.29, 0.717) is 11.8 Å². The maximum atomic E-state index is 4.92. The Morgan fingerprint density at radius 2 is 1.92 bits per heavy atom. The standard InChI is InChI=1S/C18H24N6/c1-24(9-6-13-10-21-22-11-13)18-20-12-16(14-4-7-19-8-5-14)17(23-18)15-2-3-15/h4-5,7-8,12-13,15,21-22H,2-3,6,9-11H2,1H3. The van der Waals surface area contributed by atoms with Gasteiger partial charge in [-0.1, -0.05) is 0 Å². The number of nitrogens with zero attached hydrogens (tertiary/aromatic N) is 4. The van der Waals surface area contributed by atoms with Gasteiger partial charge in [-0.25, -0.2) is 9.97 Å². The Balaban J connectivity index is 1.53. The quantitative estimate of drug-likeness (QED) is 0.847. The molecule has 2 fully saturated rings. The topological polar surface area (TPSA) is 66.0 Å². The first-order valence-electron chi connectivity index (χ1n) is 8.75. The molecule has 1 aliphatic heterocycles. The molecule has 0 spiro atoms. The van der Waals surface area contributed by atoms with Crippen LogP contribution in [-0.4, -0.2) is 41.6 Å². The maximum Gasteiger partial charge on any atom is 0.225 e. The first kappa shape index (κ1) is 15.5. The molecule has 0 unspecified atom stereocenters. The molecular formula is C18H24N6. The third-order valence-electron chi connectivity index (χ3n) is 4.88. The van der Waals surface area contributed by atoms with E-state index in [1.807, 2.05) is 30.7 Å². The number of hydrogen-bond donors (Lipinski definition) is 2. The van der Waals surface area contributed by atoms with Gasteiger partial charge in [-0.2, -0.15) is 0 Å². The zero-order chi connectivity index (χ0) is 16.4. The van der Waals surface area contributed by atoms with E-state index in [2.05, 4.69) is 32.8 Å². The van der Waals surface area contributed by atoms with Crippen LogP contribution < -0.4 is 15.8 Å². The van der Waals surface area contributed by atoms with Gasteiger partial charge in [-0.3, -0.25) is 15.8 Å². The lowest BCUT2D eigenvalue weighted by atomic mass is 10.0. The fourth-order valence-electron chi connectivity index (χ4n) is 3.18. The van der Waals surface area contributed by atoms with E-state index in [0.717, 1.165) is 43.1 Å². The van der Waals surface area contributed by atoms with Gasteiger partial charge in [-0.15, -0.1) is 0 Å². The molecule has 0 atom stereocenters. The first-order valence-corrected chi connectivity index (χ1v) is 8.75. The molecule has 0 radical (unpaired) electrons. The van der Waals surface area contributed by atoms with E-state index in [9.17, 15) is 0 Å². The fourth-order valence-corrected chi connectivity index (χ4v) is 3.18. The van der Waals surface area contributed by atoms with Crippen molar-refractivity contribution >= 4 is 5.95 Å². The third-order valence-corrected chi connectivity index (χ3v) is 4.88. The summed E-state index contributed by atoms with van der Waals surface area (Å²) in [5.74, 6) is 2.12. The summed E-state index contributed by atoms with van der Waals surface area (Å²) in [7, 11) is 2.09. The first-order chi connectivity index (χ1) is 11.8. The molecule has 1 saturated heterocycles. The highest BCUT2D eigenvalue weighted by molar-refractivity contribution is 5.66. The van der Waals surface area contributed by atoms with Crippen LogP contribution in [0.2, 0.25) is 0 Å². The summed E-state index contributed by atoms with van der Waals surface area (Å²) in [4.78, 5) is 15.8. The predicted octanol–water partition coefficient (Wildman–Crippen LogP) is 1.97. The third kappa shape index (κ3) is 3.39. The minimum absolute atomic E-state index is 0.589. The monoisotopic (exact) mass is 324 g/mol. The van der Waals surface area contributed by atoms with E-state index in [4.69, 9.17) is 4.98 Å². The van der Waals surface area contributed by atoms with Crippen LogP contribution in [0, 0.1) is 5.92 Å². The zero-order valence-electron chi connectivity index (χ0n) is 14.1. The number of anilines is 1. The molecule has 24 heavy (non-hydrogen) atoms. The average Bonchev–Trinajstić information content (AvgIpc) is 3.35. The number of rotatable bonds is 6. The van der Waals surface area contributed by atoms with Crippen LogP contribution in [-0.2, 0) is 0 Å². The van der Waals surface area contributed by atoms with Crippen LogP contribution in [0.1, 0.15) is 30.9 Å². The molecule has 0 aromatic carbocycles.